The predicted octanol–water partition coefficient (Wildman–Crippen LogP) is 2.38. The number of benzene rings is 1. The van der Waals surface area contributed by atoms with Crippen LogP contribution >= 0.6 is 0 Å². The average molecular weight is 312 g/mol. The van der Waals surface area contributed by atoms with Gasteiger partial charge in [0.2, 0.25) is 0 Å². The maximum absolute atomic E-state index is 12.7. The normalized spacial score (nSPS) is 19.6. The molecule has 5 heteroatoms. The van der Waals surface area contributed by atoms with Crippen LogP contribution in [0.2, 0.25) is 0 Å². The van der Waals surface area contributed by atoms with Crippen LogP contribution in [0.1, 0.15) is 35.7 Å². The SMILES string of the molecule is Cc1cnn(-c2ccc(C(=O)N3CCCC(C(C)N)C3)cc2)c1. The third kappa shape index (κ3) is 3.45. The van der Waals surface area contributed by atoms with Crippen molar-refractivity contribution in [3.63, 3.8) is 0 Å². The van der Waals surface area contributed by atoms with E-state index in [-0.39, 0.29) is 11.9 Å². The lowest BCUT2D eigenvalue weighted by Gasteiger charge is -2.34. The fourth-order valence-electron chi connectivity index (χ4n) is 3.12. The van der Waals surface area contributed by atoms with E-state index >= 15 is 0 Å². The number of carbonyl (C=O) groups is 1. The third-order valence-electron chi connectivity index (χ3n) is 4.58. The molecule has 2 aromatic rings. The molecule has 1 aromatic carbocycles. The number of piperidine rings is 1. The summed E-state index contributed by atoms with van der Waals surface area (Å²) in [5.74, 6) is 0.498. The van der Waals surface area contributed by atoms with Crippen molar-refractivity contribution in [3.05, 3.63) is 47.8 Å². The standard InChI is InChI=1S/C18H24N4O/c1-13-10-20-22(11-13)17-7-5-15(6-8-17)18(23)21-9-3-4-16(12-21)14(2)19/h5-8,10-11,14,16H,3-4,9,12,19H2,1-2H3. The van der Waals surface area contributed by atoms with Crippen LogP contribution in [-0.4, -0.2) is 39.7 Å². The number of likely N-dealkylation sites (tertiary alicyclic amines) is 1. The first-order valence-electron chi connectivity index (χ1n) is 8.21. The first-order valence-corrected chi connectivity index (χ1v) is 8.21. The number of nitrogens with two attached hydrogens (primary N) is 1. The van der Waals surface area contributed by atoms with Gasteiger partial charge in [-0.3, -0.25) is 4.79 Å². The molecule has 1 aliphatic heterocycles. The van der Waals surface area contributed by atoms with Gasteiger partial charge in [-0.05, 0) is 62.4 Å². The fraction of sp³-hybridized carbons (Fsp3) is 0.444. The number of nitrogens with zero attached hydrogens (tertiary/aromatic N) is 3. The third-order valence-corrected chi connectivity index (χ3v) is 4.58. The van der Waals surface area contributed by atoms with Crippen LogP contribution in [0.4, 0.5) is 0 Å². The lowest BCUT2D eigenvalue weighted by molar-refractivity contribution is 0.0661. The highest BCUT2D eigenvalue weighted by molar-refractivity contribution is 5.94. The monoisotopic (exact) mass is 312 g/mol. The van der Waals surface area contributed by atoms with E-state index in [1.807, 2.05) is 60.1 Å². The maximum Gasteiger partial charge on any atom is 0.253 e. The molecule has 122 valence electrons. The molecular formula is C18H24N4O. The number of rotatable bonds is 3. The lowest BCUT2D eigenvalue weighted by atomic mass is 9.92. The van der Waals surface area contributed by atoms with Gasteiger partial charge >= 0.3 is 0 Å². The highest BCUT2D eigenvalue weighted by Gasteiger charge is 2.26. The van der Waals surface area contributed by atoms with Gasteiger partial charge in [0.1, 0.15) is 0 Å². The number of hydrogen-bond donors (Lipinski definition) is 1. The molecule has 0 aliphatic carbocycles. The van der Waals surface area contributed by atoms with E-state index < -0.39 is 0 Å². The summed E-state index contributed by atoms with van der Waals surface area (Å²) in [6.45, 7) is 5.62. The maximum atomic E-state index is 12.7. The Morgan fingerprint density at radius 3 is 2.70 bits per heavy atom. The lowest BCUT2D eigenvalue weighted by Crippen LogP contribution is -2.45. The molecule has 1 saturated heterocycles. The largest absolute Gasteiger partial charge is 0.338 e. The van der Waals surface area contributed by atoms with Crippen molar-refractivity contribution in [1.29, 1.82) is 0 Å². The van der Waals surface area contributed by atoms with E-state index in [4.69, 9.17) is 5.73 Å². The van der Waals surface area contributed by atoms with Gasteiger partial charge in [0, 0.05) is 30.9 Å². The van der Waals surface area contributed by atoms with Gasteiger partial charge in [-0.25, -0.2) is 4.68 Å². The van der Waals surface area contributed by atoms with Crippen molar-refractivity contribution in [1.82, 2.24) is 14.7 Å². The molecule has 1 fully saturated rings. The Kier molecular flexibility index (Phi) is 4.48. The van der Waals surface area contributed by atoms with Gasteiger partial charge in [-0.15, -0.1) is 0 Å². The van der Waals surface area contributed by atoms with E-state index in [2.05, 4.69) is 5.10 Å². The van der Waals surface area contributed by atoms with E-state index in [0.717, 1.165) is 42.7 Å². The molecule has 2 unspecified atom stereocenters. The number of aromatic nitrogens is 2. The first kappa shape index (κ1) is 15.7. The summed E-state index contributed by atoms with van der Waals surface area (Å²) in [7, 11) is 0. The van der Waals surface area contributed by atoms with Crippen LogP contribution in [0.25, 0.3) is 5.69 Å². The number of amides is 1. The first-order chi connectivity index (χ1) is 11.0. The summed E-state index contributed by atoms with van der Waals surface area (Å²) in [4.78, 5) is 14.6. The van der Waals surface area contributed by atoms with Crippen LogP contribution in [0.5, 0.6) is 0 Å². The topological polar surface area (TPSA) is 64.2 Å². The number of aryl methyl sites for hydroxylation is 1. The minimum atomic E-state index is 0.0959. The second kappa shape index (κ2) is 6.54. The second-order valence-corrected chi connectivity index (χ2v) is 6.52. The van der Waals surface area contributed by atoms with Crippen molar-refractivity contribution < 1.29 is 4.79 Å². The van der Waals surface area contributed by atoms with Crippen LogP contribution in [-0.2, 0) is 0 Å². The molecule has 3 rings (SSSR count). The number of hydrogen-bond acceptors (Lipinski definition) is 3. The summed E-state index contributed by atoms with van der Waals surface area (Å²) < 4.78 is 1.82. The summed E-state index contributed by atoms with van der Waals surface area (Å²) in [5, 5.41) is 4.29. The van der Waals surface area contributed by atoms with Crippen molar-refractivity contribution in [3.8, 4) is 5.69 Å². The molecule has 0 saturated carbocycles. The zero-order chi connectivity index (χ0) is 16.4. The Balaban J connectivity index is 1.72. The Morgan fingerprint density at radius 1 is 1.35 bits per heavy atom. The summed E-state index contributed by atoms with van der Waals surface area (Å²) >= 11 is 0. The minimum Gasteiger partial charge on any atom is -0.338 e. The molecular weight excluding hydrogens is 288 g/mol. The van der Waals surface area contributed by atoms with Gasteiger partial charge in [0.15, 0.2) is 0 Å². The van der Waals surface area contributed by atoms with Crippen LogP contribution in [0.3, 0.4) is 0 Å². The zero-order valence-corrected chi connectivity index (χ0v) is 13.8. The summed E-state index contributed by atoms with van der Waals surface area (Å²) in [5.41, 5.74) is 8.80. The highest BCUT2D eigenvalue weighted by atomic mass is 16.2. The Labute approximate surface area is 137 Å². The Bertz CT molecular complexity index is 675. The number of carbonyl (C=O) groups excluding carboxylic acids is 1. The molecule has 5 nitrogen and oxygen atoms in total. The molecule has 2 N–H and O–H groups in total. The van der Waals surface area contributed by atoms with E-state index in [1.165, 1.54) is 0 Å². The minimum absolute atomic E-state index is 0.0959. The quantitative estimate of drug-likeness (QED) is 0.946. The van der Waals surface area contributed by atoms with E-state index in [9.17, 15) is 4.79 Å². The van der Waals surface area contributed by atoms with Crippen molar-refractivity contribution in [2.24, 2.45) is 11.7 Å². The molecule has 1 aliphatic rings. The van der Waals surface area contributed by atoms with Crippen LogP contribution < -0.4 is 5.73 Å². The Morgan fingerprint density at radius 2 is 2.09 bits per heavy atom. The highest BCUT2D eigenvalue weighted by Crippen LogP contribution is 2.21. The van der Waals surface area contributed by atoms with Gasteiger partial charge in [-0.1, -0.05) is 0 Å². The van der Waals surface area contributed by atoms with Gasteiger partial charge < -0.3 is 10.6 Å². The Hall–Kier alpha value is -2.14. The van der Waals surface area contributed by atoms with Crippen molar-refractivity contribution >= 4 is 5.91 Å². The van der Waals surface area contributed by atoms with Crippen molar-refractivity contribution in [2.45, 2.75) is 32.7 Å². The van der Waals surface area contributed by atoms with Crippen LogP contribution in [0, 0.1) is 12.8 Å². The zero-order valence-electron chi connectivity index (χ0n) is 13.8. The van der Waals surface area contributed by atoms with Gasteiger partial charge in [0.05, 0.1) is 11.9 Å². The van der Waals surface area contributed by atoms with E-state index in [0.29, 0.717) is 5.92 Å². The molecule has 0 bridgehead atoms. The molecule has 0 radical (unpaired) electrons. The molecule has 1 amide bonds. The van der Waals surface area contributed by atoms with Gasteiger partial charge in [-0.2, -0.15) is 5.10 Å². The van der Waals surface area contributed by atoms with Crippen molar-refractivity contribution in [2.75, 3.05) is 13.1 Å². The molecule has 23 heavy (non-hydrogen) atoms. The fourth-order valence-corrected chi connectivity index (χ4v) is 3.12. The molecule has 1 aromatic heterocycles. The summed E-state index contributed by atoms with van der Waals surface area (Å²) in [6.07, 6.45) is 5.93. The molecule has 0 spiro atoms. The smallest absolute Gasteiger partial charge is 0.253 e. The van der Waals surface area contributed by atoms with Gasteiger partial charge in [0.25, 0.3) is 5.91 Å². The van der Waals surface area contributed by atoms with Crippen LogP contribution in [0.15, 0.2) is 36.7 Å². The molecule has 2 atom stereocenters. The summed E-state index contributed by atoms with van der Waals surface area (Å²) in [6, 6.07) is 7.77. The predicted molar refractivity (Wildman–Crippen MR) is 90.6 cm³/mol. The molecule has 2 heterocycles. The second-order valence-electron chi connectivity index (χ2n) is 6.52. The van der Waals surface area contributed by atoms with E-state index in [1.54, 1.807) is 0 Å². The average Bonchev–Trinajstić information content (AvgIpc) is 3.01.